The summed E-state index contributed by atoms with van der Waals surface area (Å²) in [5, 5.41) is 0. The molecule has 11 heavy (non-hydrogen) atoms. The molecule has 0 N–H and O–H groups in total. The van der Waals surface area contributed by atoms with Crippen molar-refractivity contribution < 1.29 is 13.2 Å². The van der Waals surface area contributed by atoms with Crippen molar-refractivity contribution in [3.8, 4) is 0 Å². The van der Waals surface area contributed by atoms with E-state index in [0.717, 1.165) is 6.07 Å². The zero-order valence-electron chi connectivity index (χ0n) is 5.81. The van der Waals surface area contributed by atoms with Crippen LogP contribution in [0.5, 0.6) is 0 Å². The molecular weight excluding hydrogens is 155 g/mol. The lowest BCUT2D eigenvalue weighted by atomic mass is 10.2. The van der Waals surface area contributed by atoms with Crippen LogP contribution in [0.15, 0.2) is 12.3 Å². The van der Waals surface area contributed by atoms with Crippen molar-refractivity contribution in [2.24, 2.45) is 0 Å². The smallest absolute Gasteiger partial charge is 0.259 e. The Morgan fingerprint density at radius 1 is 1.45 bits per heavy atom. The van der Waals surface area contributed by atoms with Crippen LogP contribution in [0.1, 0.15) is 17.7 Å². The van der Waals surface area contributed by atoms with Gasteiger partial charge in [-0.1, -0.05) is 0 Å². The number of alkyl halides is 2. The molecule has 0 unspecified atom stereocenters. The van der Waals surface area contributed by atoms with Gasteiger partial charge in [0.25, 0.3) is 6.43 Å². The van der Waals surface area contributed by atoms with Crippen LogP contribution in [0.25, 0.3) is 0 Å². The van der Waals surface area contributed by atoms with E-state index in [1.165, 1.54) is 13.1 Å². The monoisotopic (exact) mass is 161 g/mol. The Kier molecular flexibility index (Phi) is 2.12. The van der Waals surface area contributed by atoms with E-state index in [1.807, 2.05) is 0 Å². The molecule has 1 aromatic rings. The lowest BCUT2D eigenvalue weighted by Crippen LogP contribution is -1.95. The highest BCUT2D eigenvalue weighted by molar-refractivity contribution is 5.19. The minimum Gasteiger partial charge on any atom is -0.259 e. The summed E-state index contributed by atoms with van der Waals surface area (Å²) in [6.45, 7) is 1.35. The van der Waals surface area contributed by atoms with Crippen LogP contribution in [0.3, 0.4) is 0 Å². The van der Waals surface area contributed by atoms with Gasteiger partial charge in [-0.2, -0.15) is 0 Å². The fourth-order valence-corrected chi connectivity index (χ4v) is 0.737. The van der Waals surface area contributed by atoms with Crippen molar-refractivity contribution >= 4 is 0 Å². The van der Waals surface area contributed by atoms with Crippen LogP contribution in [-0.4, -0.2) is 4.98 Å². The molecule has 0 spiro atoms. The highest BCUT2D eigenvalue weighted by Crippen LogP contribution is 2.21. The molecule has 0 saturated carbocycles. The van der Waals surface area contributed by atoms with E-state index < -0.39 is 17.8 Å². The minimum absolute atomic E-state index is 0.00259. The fraction of sp³-hybridized carbons (Fsp3) is 0.286. The fourth-order valence-electron chi connectivity index (χ4n) is 0.737. The van der Waals surface area contributed by atoms with Gasteiger partial charge in [0.15, 0.2) is 5.82 Å². The summed E-state index contributed by atoms with van der Waals surface area (Å²) in [5.41, 5.74) is -0.583. The number of halogens is 3. The van der Waals surface area contributed by atoms with Gasteiger partial charge >= 0.3 is 0 Å². The predicted molar refractivity (Wildman–Crippen MR) is 33.9 cm³/mol. The van der Waals surface area contributed by atoms with Crippen LogP contribution < -0.4 is 0 Å². The number of aryl methyl sites for hydroxylation is 1. The summed E-state index contributed by atoms with van der Waals surface area (Å²) in [7, 11) is 0. The van der Waals surface area contributed by atoms with Gasteiger partial charge in [0.1, 0.15) is 0 Å². The first kappa shape index (κ1) is 8.04. The molecule has 0 aliphatic heterocycles. The average Bonchev–Trinajstić information content (AvgIpc) is 1.94. The second-order valence-corrected chi connectivity index (χ2v) is 2.10. The maximum absolute atomic E-state index is 12.7. The third kappa shape index (κ3) is 1.50. The summed E-state index contributed by atoms with van der Waals surface area (Å²) >= 11 is 0. The molecule has 1 rings (SSSR count). The van der Waals surface area contributed by atoms with Crippen molar-refractivity contribution in [2.75, 3.05) is 0 Å². The number of aromatic nitrogens is 1. The van der Waals surface area contributed by atoms with Gasteiger partial charge in [-0.3, -0.25) is 4.98 Å². The topological polar surface area (TPSA) is 12.9 Å². The van der Waals surface area contributed by atoms with Gasteiger partial charge < -0.3 is 0 Å². The normalized spacial score (nSPS) is 10.6. The number of hydrogen-bond donors (Lipinski definition) is 0. The molecule has 4 heteroatoms. The maximum atomic E-state index is 12.7. The molecule has 0 aliphatic carbocycles. The van der Waals surface area contributed by atoms with Gasteiger partial charge in [-0.05, 0) is 13.0 Å². The van der Waals surface area contributed by atoms with E-state index in [0.29, 0.717) is 0 Å². The van der Waals surface area contributed by atoms with E-state index in [2.05, 4.69) is 4.98 Å². The van der Waals surface area contributed by atoms with Crippen molar-refractivity contribution in [3.05, 3.63) is 29.3 Å². The first-order valence-corrected chi connectivity index (χ1v) is 3.02. The molecule has 0 fully saturated rings. The van der Waals surface area contributed by atoms with Gasteiger partial charge in [0.05, 0.1) is 11.3 Å². The molecule has 1 aromatic heterocycles. The molecular formula is C7H6F3N. The Morgan fingerprint density at radius 3 is 2.55 bits per heavy atom. The van der Waals surface area contributed by atoms with Gasteiger partial charge in [-0.15, -0.1) is 0 Å². The Morgan fingerprint density at radius 2 is 2.09 bits per heavy atom. The SMILES string of the molecule is Cc1nccc(C(F)F)c1F. The molecule has 60 valence electrons. The maximum Gasteiger partial charge on any atom is 0.266 e. The minimum atomic E-state index is -2.77. The molecule has 0 atom stereocenters. The Bertz CT molecular complexity index is 260. The summed E-state index contributed by atoms with van der Waals surface area (Å²) in [4.78, 5) is 3.51. The quantitative estimate of drug-likeness (QED) is 0.616. The molecule has 0 saturated heterocycles. The number of rotatable bonds is 1. The predicted octanol–water partition coefficient (Wildman–Crippen LogP) is 2.47. The standard InChI is InChI=1S/C7H6F3N/c1-4-6(8)5(7(9)10)2-3-11-4/h2-3,7H,1H3. The molecule has 0 aliphatic rings. The third-order valence-electron chi connectivity index (χ3n) is 1.33. The molecule has 1 heterocycles. The lowest BCUT2D eigenvalue weighted by molar-refractivity contribution is 0.146. The second-order valence-electron chi connectivity index (χ2n) is 2.10. The summed E-state index contributed by atoms with van der Waals surface area (Å²) in [6.07, 6.45) is -1.60. The Labute approximate surface area is 61.9 Å². The van der Waals surface area contributed by atoms with Gasteiger partial charge in [0.2, 0.25) is 0 Å². The molecule has 0 radical (unpaired) electrons. The third-order valence-corrected chi connectivity index (χ3v) is 1.33. The lowest BCUT2D eigenvalue weighted by Gasteiger charge is -2.01. The van der Waals surface area contributed by atoms with E-state index in [9.17, 15) is 13.2 Å². The number of nitrogens with zero attached hydrogens (tertiary/aromatic N) is 1. The van der Waals surface area contributed by atoms with E-state index in [4.69, 9.17) is 0 Å². The first-order chi connectivity index (χ1) is 5.13. The van der Waals surface area contributed by atoms with Crippen LogP contribution in [0.4, 0.5) is 13.2 Å². The second kappa shape index (κ2) is 2.90. The summed E-state index contributed by atoms with van der Waals surface area (Å²) in [5.74, 6) is -0.914. The van der Waals surface area contributed by atoms with Crippen LogP contribution in [-0.2, 0) is 0 Å². The van der Waals surface area contributed by atoms with Crippen molar-refractivity contribution in [1.82, 2.24) is 4.98 Å². The van der Waals surface area contributed by atoms with Crippen molar-refractivity contribution in [2.45, 2.75) is 13.3 Å². The van der Waals surface area contributed by atoms with E-state index in [-0.39, 0.29) is 5.69 Å². The van der Waals surface area contributed by atoms with Crippen LogP contribution in [0, 0.1) is 12.7 Å². The molecule has 0 bridgehead atoms. The molecule has 1 nitrogen and oxygen atoms in total. The molecule has 0 amide bonds. The Hall–Kier alpha value is -1.06. The van der Waals surface area contributed by atoms with Crippen LogP contribution in [0.2, 0.25) is 0 Å². The van der Waals surface area contributed by atoms with E-state index >= 15 is 0 Å². The molecule has 0 aromatic carbocycles. The van der Waals surface area contributed by atoms with Crippen molar-refractivity contribution in [1.29, 1.82) is 0 Å². The van der Waals surface area contributed by atoms with Gasteiger partial charge in [0, 0.05) is 6.20 Å². The van der Waals surface area contributed by atoms with Crippen molar-refractivity contribution in [3.63, 3.8) is 0 Å². The van der Waals surface area contributed by atoms with Gasteiger partial charge in [-0.25, -0.2) is 13.2 Å². The highest BCUT2D eigenvalue weighted by atomic mass is 19.3. The zero-order chi connectivity index (χ0) is 8.43. The number of pyridine rings is 1. The average molecular weight is 161 g/mol. The largest absolute Gasteiger partial charge is 0.266 e. The summed E-state index contributed by atoms with van der Waals surface area (Å²) < 4.78 is 36.6. The Balaban J connectivity index is 3.17. The number of hydrogen-bond acceptors (Lipinski definition) is 1. The van der Waals surface area contributed by atoms with E-state index in [1.54, 1.807) is 0 Å². The highest BCUT2D eigenvalue weighted by Gasteiger charge is 2.14. The summed E-state index contributed by atoms with van der Waals surface area (Å²) in [6, 6.07) is 0.979. The zero-order valence-corrected chi connectivity index (χ0v) is 5.81. The van der Waals surface area contributed by atoms with Crippen LogP contribution >= 0.6 is 0 Å². The first-order valence-electron chi connectivity index (χ1n) is 3.02.